The van der Waals surface area contributed by atoms with Crippen LogP contribution >= 0.6 is 0 Å². The fourth-order valence-corrected chi connectivity index (χ4v) is 0. The number of nitrogens with one attached hydrogen (secondary N) is 1. The SMILES string of the molecule is O=[C]([SnH])NO. The molecule has 2 radical (unpaired) electrons. The van der Waals surface area contributed by atoms with Gasteiger partial charge in [0.05, 0.1) is 0 Å². The molecule has 0 spiro atoms. The number of carbonyl (C=O) groups excluding carboxylic acids is 1. The molecule has 3 nitrogen and oxygen atoms in total. The molecule has 0 rings (SSSR count). The van der Waals surface area contributed by atoms with E-state index < -0.39 is 0 Å². The van der Waals surface area contributed by atoms with Gasteiger partial charge in [-0.1, -0.05) is 0 Å². The van der Waals surface area contributed by atoms with Crippen LogP contribution in [0.1, 0.15) is 0 Å². The molecule has 0 heterocycles. The van der Waals surface area contributed by atoms with E-state index >= 15 is 0 Å². The monoisotopic (exact) mass is 181 g/mol. The van der Waals surface area contributed by atoms with Crippen LogP contribution in [-0.2, 0) is 0 Å². The maximum absolute atomic E-state index is 9.51. The van der Waals surface area contributed by atoms with Crippen LogP contribution < -0.4 is 5.48 Å². The van der Waals surface area contributed by atoms with Crippen LogP contribution in [-0.4, -0.2) is 31.7 Å². The van der Waals surface area contributed by atoms with Gasteiger partial charge in [0.2, 0.25) is 0 Å². The topological polar surface area (TPSA) is 49.3 Å². The van der Waals surface area contributed by atoms with Gasteiger partial charge in [-0.25, -0.2) is 0 Å². The molecule has 28 valence electrons. The average molecular weight is 180 g/mol. The Bertz CT molecular complexity index is 44.9. The maximum atomic E-state index is 9.51. The average Bonchev–Trinajstić information content (AvgIpc) is 1.38. The fourth-order valence-electron chi connectivity index (χ4n) is 0. The summed E-state index contributed by atoms with van der Waals surface area (Å²) in [7, 11) is 0. The van der Waals surface area contributed by atoms with Crippen molar-refractivity contribution in [1.82, 2.24) is 5.48 Å². The molecule has 2 N–H and O–H groups in total. The molecule has 4 heteroatoms. The van der Waals surface area contributed by atoms with Crippen molar-refractivity contribution < 1.29 is 10.0 Å². The Morgan fingerprint density at radius 1 is 2.00 bits per heavy atom. The van der Waals surface area contributed by atoms with Gasteiger partial charge in [0, 0.05) is 0 Å². The second kappa shape index (κ2) is 2.47. The zero-order chi connectivity index (χ0) is 4.28. The summed E-state index contributed by atoms with van der Waals surface area (Å²) >= 11 is 0.424. The summed E-state index contributed by atoms with van der Waals surface area (Å²) in [6.07, 6.45) is 0. The number of hydroxylamine groups is 1. The summed E-state index contributed by atoms with van der Waals surface area (Å²) < 4.78 is -0.310. The Hall–Kier alpha value is 0.229. The van der Waals surface area contributed by atoms with E-state index in [1.807, 2.05) is 0 Å². The molecule has 0 fully saturated rings. The fraction of sp³-hybridized carbons (Fsp3) is 0. The molecule has 0 atom stereocenters. The van der Waals surface area contributed by atoms with Crippen molar-refractivity contribution in [2.24, 2.45) is 0 Å². The Kier molecular flexibility index (Phi) is 2.58. The molecule has 0 bridgehead atoms. The summed E-state index contributed by atoms with van der Waals surface area (Å²) in [5.74, 6) is 0. The molecule has 0 saturated heterocycles. The number of hydrogen-bond acceptors (Lipinski definition) is 2. The van der Waals surface area contributed by atoms with Crippen molar-refractivity contribution in [3.8, 4) is 0 Å². The Balaban J connectivity index is 2.85. The second-order valence-electron chi connectivity index (χ2n) is 0.476. The molecule has 1 amide bonds. The number of hydrogen-bond donors (Lipinski definition) is 2. The third kappa shape index (κ3) is 4.23. The first-order valence-corrected chi connectivity index (χ1v) is 2.61. The van der Waals surface area contributed by atoms with Gasteiger partial charge >= 0.3 is 41.9 Å². The minimum atomic E-state index is -0.310. The molecular weight excluding hydrogens is 177 g/mol. The van der Waals surface area contributed by atoms with Crippen LogP contribution in [0.3, 0.4) is 0 Å². The van der Waals surface area contributed by atoms with Crippen molar-refractivity contribution in [2.75, 3.05) is 0 Å². The van der Waals surface area contributed by atoms with Crippen LogP contribution in [0.2, 0.25) is 0 Å². The van der Waals surface area contributed by atoms with E-state index in [1.165, 1.54) is 5.48 Å². The van der Waals surface area contributed by atoms with Crippen molar-refractivity contribution in [3.05, 3.63) is 0 Å². The van der Waals surface area contributed by atoms with E-state index in [4.69, 9.17) is 5.21 Å². The molecule has 5 heavy (non-hydrogen) atoms. The van der Waals surface area contributed by atoms with Crippen LogP contribution in [0.5, 0.6) is 0 Å². The van der Waals surface area contributed by atoms with Crippen LogP contribution in [0, 0.1) is 0 Å². The van der Waals surface area contributed by atoms with E-state index in [-0.39, 0.29) is 3.92 Å². The minimum absolute atomic E-state index is 0.310. The summed E-state index contributed by atoms with van der Waals surface area (Å²) in [5, 5.41) is 7.58. The van der Waals surface area contributed by atoms with Crippen molar-refractivity contribution in [2.45, 2.75) is 0 Å². The number of carbonyl (C=O) groups is 1. The molecule has 0 unspecified atom stereocenters. The van der Waals surface area contributed by atoms with Gasteiger partial charge in [-0.05, 0) is 0 Å². The van der Waals surface area contributed by atoms with Gasteiger partial charge in [0.25, 0.3) is 0 Å². The standard InChI is InChI=1S/CH2NO2.Sn.H/c3-1-2-4;;/h4H,(H,2,3);;. The van der Waals surface area contributed by atoms with E-state index in [0.717, 1.165) is 0 Å². The third-order valence-electron chi connectivity index (χ3n) is 0.110. The zero-order valence-corrected chi connectivity index (χ0v) is 5.73. The Morgan fingerprint density at radius 2 is 2.20 bits per heavy atom. The molecule has 0 aliphatic carbocycles. The zero-order valence-electron chi connectivity index (χ0n) is 2.43. The van der Waals surface area contributed by atoms with Gasteiger partial charge in [-0.3, -0.25) is 0 Å². The van der Waals surface area contributed by atoms with Crippen LogP contribution in [0.4, 0.5) is 4.79 Å². The quantitative estimate of drug-likeness (QED) is 0.285. The van der Waals surface area contributed by atoms with E-state index in [2.05, 4.69) is 0 Å². The molecule has 0 saturated carbocycles. The predicted molar refractivity (Wildman–Crippen MR) is 17.5 cm³/mol. The van der Waals surface area contributed by atoms with Crippen LogP contribution in [0.15, 0.2) is 0 Å². The first-order valence-electron chi connectivity index (χ1n) is 0.966. The van der Waals surface area contributed by atoms with Gasteiger partial charge < -0.3 is 0 Å². The molecule has 0 aromatic carbocycles. The predicted octanol–water partition coefficient (Wildman–Crippen LogP) is -1.01. The molecule has 0 aromatic rings. The van der Waals surface area contributed by atoms with Crippen molar-refractivity contribution in [1.29, 1.82) is 0 Å². The van der Waals surface area contributed by atoms with E-state index in [1.54, 1.807) is 0 Å². The van der Waals surface area contributed by atoms with Crippen LogP contribution in [0.25, 0.3) is 0 Å². The molecule has 0 aliphatic heterocycles. The van der Waals surface area contributed by atoms with E-state index in [9.17, 15) is 4.79 Å². The Labute approximate surface area is 42.4 Å². The normalized spacial score (nSPS) is 6.80. The number of rotatable bonds is 0. The van der Waals surface area contributed by atoms with Gasteiger partial charge in [-0.2, -0.15) is 0 Å². The first kappa shape index (κ1) is 5.23. The van der Waals surface area contributed by atoms with Crippen molar-refractivity contribution in [3.63, 3.8) is 0 Å². The van der Waals surface area contributed by atoms with Gasteiger partial charge in [0.1, 0.15) is 0 Å². The van der Waals surface area contributed by atoms with Crippen molar-refractivity contribution >= 4 is 26.4 Å². The van der Waals surface area contributed by atoms with E-state index in [0.29, 0.717) is 22.5 Å². The van der Waals surface area contributed by atoms with Gasteiger partial charge in [0.15, 0.2) is 0 Å². The third-order valence-corrected chi connectivity index (χ3v) is 0.479. The first-order chi connectivity index (χ1) is 2.27. The summed E-state index contributed by atoms with van der Waals surface area (Å²) in [5.41, 5.74) is 1.45. The summed E-state index contributed by atoms with van der Waals surface area (Å²) in [6, 6.07) is 0. The number of amides is 1. The molecular formula is CH3NO2Sn. The van der Waals surface area contributed by atoms with Gasteiger partial charge in [-0.15, -0.1) is 0 Å². The molecule has 0 aromatic heterocycles. The molecule has 0 aliphatic rings. The summed E-state index contributed by atoms with van der Waals surface area (Å²) in [4.78, 5) is 9.51. The second-order valence-corrected chi connectivity index (χ2v) is 1.97. The summed E-state index contributed by atoms with van der Waals surface area (Å²) in [6.45, 7) is 0. The Morgan fingerprint density at radius 3 is 2.20 bits per heavy atom.